The Morgan fingerprint density at radius 2 is 2.00 bits per heavy atom. The lowest BCUT2D eigenvalue weighted by molar-refractivity contribution is -0.129. The van der Waals surface area contributed by atoms with Crippen molar-refractivity contribution in [1.29, 1.82) is 0 Å². The summed E-state index contributed by atoms with van der Waals surface area (Å²) in [6.07, 6.45) is 0.802. The van der Waals surface area contributed by atoms with Crippen LogP contribution in [-0.2, 0) is 11.2 Å². The van der Waals surface area contributed by atoms with E-state index in [4.69, 9.17) is 5.84 Å². The van der Waals surface area contributed by atoms with Gasteiger partial charge in [0.15, 0.2) is 0 Å². The molecule has 0 unspecified atom stereocenters. The number of hydrazine groups is 1. The van der Waals surface area contributed by atoms with Crippen LogP contribution in [0.25, 0.3) is 0 Å². The third kappa shape index (κ3) is 3.25. The topological polar surface area (TPSA) is 46.3 Å². The Kier molecular flexibility index (Phi) is 3.46. The number of carbonyl (C=O) groups is 1. The minimum absolute atomic E-state index is 0.101. The fourth-order valence-corrected chi connectivity index (χ4v) is 1.05. The Morgan fingerprint density at radius 3 is 2.54 bits per heavy atom. The summed E-state index contributed by atoms with van der Waals surface area (Å²) in [5, 5.41) is 1.23. The van der Waals surface area contributed by atoms with E-state index in [0.29, 0.717) is 6.54 Å². The van der Waals surface area contributed by atoms with Gasteiger partial charge in [0.1, 0.15) is 0 Å². The van der Waals surface area contributed by atoms with Gasteiger partial charge in [-0.3, -0.25) is 9.80 Å². The number of carbonyl (C=O) groups excluding carboxylic acids is 1. The highest BCUT2D eigenvalue weighted by atomic mass is 16.2. The van der Waals surface area contributed by atoms with Crippen LogP contribution in [0.15, 0.2) is 30.3 Å². The lowest BCUT2D eigenvalue weighted by Crippen LogP contribution is -2.37. The molecule has 0 aliphatic heterocycles. The zero-order valence-corrected chi connectivity index (χ0v) is 7.73. The summed E-state index contributed by atoms with van der Waals surface area (Å²) in [6, 6.07) is 9.96. The molecule has 0 saturated carbocycles. The molecule has 0 atom stereocenters. The molecule has 0 fully saturated rings. The summed E-state index contributed by atoms with van der Waals surface area (Å²) >= 11 is 0. The Balaban J connectivity index is 2.39. The lowest BCUT2D eigenvalue weighted by Gasteiger charge is -2.13. The van der Waals surface area contributed by atoms with Crippen LogP contribution in [0.4, 0.5) is 0 Å². The van der Waals surface area contributed by atoms with Gasteiger partial charge in [-0.2, -0.15) is 0 Å². The van der Waals surface area contributed by atoms with E-state index in [1.165, 1.54) is 17.5 Å². The van der Waals surface area contributed by atoms with Crippen LogP contribution in [0.1, 0.15) is 12.5 Å². The first-order chi connectivity index (χ1) is 6.20. The van der Waals surface area contributed by atoms with E-state index in [2.05, 4.69) is 0 Å². The molecule has 70 valence electrons. The van der Waals surface area contributed by atoms with E-state index in [1.807, 2.05) is 30.3 Å². The second-order valence-electron chi connectivity index (χ2n) is 2.95. The largest absolute Gasteiger partial charge is 0.281 e. The van der Waals surface area contributed by atoms with Crippen molar-refractivity contribution in [3.63, 3.8) is 0 Å². The molecular formula is C10H14N2O. The Morgan fingerprint density at radius 1 is 1.38 bits per heavy atom. The zero-order chi connectivity index (χ0) is 9.68. The van der Waals surface area contributed by atoms with Crippen molar-refractivity contribution in [1.82, 2.24) is 5.01 Å². The Hall–Kier alpha value is -1.35. The van der Waals surface area contributed by atoms with Crippen molar-refractivity contribution in [2.75, 3.05) is 6.54 Å². The average Bonchev–Trinajstić information content (AvgIpc) is 2.15. The van der Waals surface area contributed by atoms with Crippen molar-refractivity contribution in [3.05, 3.63) is 35.9 Å². The minimum atomic E-state index is -0.101. The van der Waals surface area contributed by atoms with Crippen molar-refractivity contribution in [2.45, 2.75) is 13.3 Å². The van der Waals surface area contributed by atoms with Crippen LogP contribution in [-0.4, -0.2) is 17.5 Å². The fraction of sp³-hybridized carbons (Fsp3) is 0.300. The van der Waals surface area contributed by atoms with Gasteiger partial charge in [-0.15, -0.1) is 0 Å². The van der Waals surface area contributed by atoms with Crippen LogP contribution >= 0.6 is 0 Å². The summed E-state index contributed by atoms with van der Waals surface area (Å²) in [7, 11) is 0. The molecule has 1 rings (SSSR count). The number of benzene rings is 1. The highest BCUT2D eigenvalue weighted by Gasteiger charge is 2.01. The van der Waals surface area contributed by atoms with Gasteiger partial charge in [-0.05, 0) is 12.0 Å². The zero-order valence-electron chi connectivity index (χ0n) is 7.73. The smallest absolute Gasteiger partial charge is 0.233 e. The summed E-state index contributed by atoms with van der Waals surface area (Å²) in [6.45, 7) is 2.03. The third-order valence-corrected chi connectivity index (χ3v) is 1.89. The molecule has 1 aromatic carbocycles. The molecule has 1 amide bonds. The van der Waals surface area contributed by atoms with Crippen LogP contribution in [0.3, 0.4) is 0 Å². The molecule has 1 aromatic rings. The first kappa shape index (κ1) is 9.74. The molecule has 0 aliphatic carbocycles. The Labute approximate surface area is 78.1 Å². The normalized spacial score (nSPS) is 9.69. The monoisotopic (exact) mass is 178 g/mol. The standard InChI is InChI=1S/C10H14N2O/c1-9(13)12(11)8-7-10-5-3-2-4-6-10/h2-6H,7-8,11H2,1H3. The molecule has 3 nitrogen and oxygen atoms in total. The van der Waals surface area contributed by atoms with Crippen molar-refractivity contribution < 1.29 is 4.79 Å². The highest BCUT2D eigenvalue weighted by Crippen LogP contribution is 1.99. The molecule has 0 aliphatic rings. The van der Waals surface area contributed by atoms with Gasteiger partial charge >= 0.3 is 0 Å². The van der Waals surface area contributed by atoms with E-state index in [1.54, 1.807) is 0 Å². The Bertz CT molecular complexity index is 272. The maximum absolute atomic E-state index is 10.8. The molecule has 0 heterocycles. The number of nitrogens with two attached hydrogens (primary N) is 1. The van der Waals surface area contributed by atoms with Gasteiger partial charge in [0.05, 0.1) is 0 Å². The second-order valence-corrected chi connectivity index (χ2v) is 2.95. The van der Waals surface area contributed by atoms with Crippen LogP contribution in [0.5, 0.6) is 0 Å². The summed E-state index contributed by atoms with van der Waals surface area (Å²) in [4.78, 5) is 10.8. The quantitative estimate of drug-likeness (QED) is 0.425. The van der Waals surface area contributed by atoms with Gasteiger partial charge in [0.25, 0.3) is 0 Å². The predicted molar refractivity (Wildman–Crippen MR) is 51.7 cm³/mol. The molecule has 0 aromatic heterocycles. The molecule has 2 N–H and O–H groups in total. The van der Waals surface area contributed by atoms with Crippen LogP contribution in [0, 0.1) is 0 Å². The summed E-state index contributed by atoms with van der Waals surface area (Å²) < 4.78 is 0. The minimum Gasteiger partial charge on any atom is -0.281 e. The molecule has 0 bridgehead atoms. The van der Waals surface area contributed by atoms with Gasteiger partial charge in [0, 0.05) is 13.5 Å². The fourth-order valence-electron chi connectivity index (χ4n) is 1.05. The first-order valence-corrected chi connectivity index (χ1v) is 4.27. The number of hydrogen-bond acceptors (Lipinski definition) is 2. The molecule has 0 saturated heterocycles. The van der Waals surface area contributed by atoms with E-state index in [-0.39, 0.29) is 5.91 Å². The average molecular weight is 178 g/mol. The lowest BCUT2D eigenvalue weighted by atomic mass is 10.1. The molecule has 0 radical (unpaired) electrons. The van der Waals surface area contributed by atoms with E-state index >= 15 is 0 Å². The number of rotatable bonds is 3. The first-order valence-electron chi connectivity index (χ1n) is 4.27. The van der Waals surface area contributed by atoms with Gasteiger partial charge in [-0.1, -0.05) is 30.3 Å². The molecule has 3 heteroatoms. The van der Waals surface area contributed by atoms with Crippen molar-refractivity contribution in [3.8, 4) is 0 Å². The number of hydrogen-bond donors (Lipinski definition) is 1. The van der Waals surface area contributed by atoms with E-state index in [9.17, 15) is 4.79 Å². The van der Waals surface area contributed by atoms with Gasteiger partial charge in [-0.25, -0.2) is 5.84 Å². The highest BCUT2D eigenvalue weighted by molar-refractivity contribution is 5.72. The van der Waals surface area contributed by atoms with E-state index < -0.39 is 0 Å². The van der Waals surface area contributed by atoms with Crippen molar-refractivity contribution >= 4 is 5.91 Å². The second kappa shape index (κ2) is 4.62. The van der Waals surface area contributed by atoms with Gasteiger partial charge < -0.3 is 0 Å². The van der Waals surface area contributed by atoms with E-state index in [0.717, 1.165) is 6.42 Å². The SMILES string of the molecule is CC(=O)N(N)CCc1ccccc1. The molecular weight excluding hydrogens is 164 g/mol. The summed E-state index contributed by atoms with van der Waals surface area (Å²) in [5.41, 5.74) is 1.19. The number of nitrogens with zero attached hydrogens (tertiary/aromatic N) is 1. The van der Waals surface area contributed by atoms with Crippen LogP contribution in [0.2, 0.25) is 0 Å². The molecule has 0 spiro atoms. The predicted octanol–water partition coefficient (Wildman–Crippen LogP) is 0.951. The maximum atomic E-state index is 10.8. The number of amides is 1. The van der Waals surface area contributed by atoms with Crippen LogP contribution < -0.4 is 5.84 Å². The maximum Gasteiger partial charge on any atom is 0.233 e. The van der Waals surface area contributed by atoms with Gasteiger partial charge in [0.2, 0.25) is 5.91 Å². The third-order valence-electron chi connectivity index (χ3n) is 1.89. The van der Waals surface area contributed by atoms with Crippen molar-refractivity contribution in [2.24, 2.45) is 5.84 Å². The summed E-state index contributed by atoms with van der Waals surface area (Å²) in [5.74, 6) is 5.35. The molecule has 13 heavy (non-hydrogen) atoms.